The van der Waals surface area contributed by atoms with Gasteiger partial charge in [-0.1, -0.05) is 32.0 Å². The van der Waals surface area contributed by atoms with Crippen LogP contribution in [0.3, 0.4) is 0 Å². The van der Waals surface area contributed by atoms with Gasteiger partial charge in [-0.3, -0.25) is 4.79 Å². The van der Waals surface area contributed by atoms with Crippen LogP contribution in [0.2, 0.25) is 0 Å². The number of nitrogens with zero attached hydrogens (tertiary/aromatic N) is 4. The average molecular weight is 423 g/mol. The van der Waals surface area contributed by atoms with E-state index in [1.54, 1.807) is 28.8 Å². The van der Waals surface area contributed by atoms with Crippen molar-refractivity contribution in [1.29, 1.82) is 0 Å². The van der Waals surface area contributed by atoms with Crippen molar-refractivity contribution >= 4 is 28.6 Å². The van der Waals surface area contributed by atoms with E-state index in [2.05, 4.69) is 5.10 Å². The summed E-state index contributed by atoms with van der Waals surface area (Å²) in [5, 5.41) is 5.03. The van der Waals surface area contributed by atoms with Gasteiger partial charge in [0.05, 0.1) is 17.1 Å². The number of rotatable bonds is 7. The van der Waals surface area contributed by atoms with Gasteiger partial charge >= 0.3 is 5.97 Å². The zero-order valence-electron chi connectivity index (χ0n) is 19.0. The number of hydrogen-bond acceptors (Lipinski definition) is 5. The molecule has 1 amide bonds. The first-order valence-corrected chi connectivity index (χ1v) is 10.7. The van der Waals surface area contributed by atoms with Crippen LogP contribution < -0.4 is 4.90 Å². The van der Waals surface area contributed by atoms with E-state index >= 15 is 0 Å². The SMILES string of the molecule is CCN(C(=O)[C@@H](C)OC(=O)c1cc(C(C)C)nc2c1cnn2C(C)C)c1ccccc1. The molecule has 164 valence electrons. The van der Waals surface area contributed by atoms with Crippen LogP contribution in [0.5, 0.6) is 0 Å². The Kier molecular flexibility index (Phi) is 6.73. The van der Waals surface area contributed by atoms with E-state index in [1.807, 2.05) is 65.0 Å². The average Bonchev–Trinajstić information content (AvgIpc) is 3.18. The van der Waals surface area contributed by atoms with Crippen molar-refractivity contribution in [1.82, 2.24) is 14.8 Å². The molecule has 0 aliphatic heterocycles. The molecular weight excluding hydrogens is 392 g/mol. The number of esters is 1. The summed E-state index contributed by atoms with van der Waals surface area (Å²) in [7, 11) is 0. The molecule has 0 saturated heterocycles. The van der Waals surface area contributed by atoms with Crippen LogP contribution in [0.1, 0.15) is 69.6 Å². The van der Waals surface area contributed by atoms with Crippen LogP contribution in [-0.4, -0.2) is 39.3 Å². The highest BCUT2D eigenvalue weighted by Gasteiger charge is 2.27. The topological polar surface area (TPSA) is 77.3 Å². The molecule has 0 aliphatic rings. The molecule has 0 N–H and O–H groups in total. The van der Waals surface area contributed by atoms with Crippen molar-refractivity contribution in [2.24, 2.45) is 0 Å². The number of hydrogen-bond donors (Lipinski definition) is 0. The Morgan fingerprint density at radius 2 is 1.77 bits per heavy atom. The number of aromatic nitrogens is 3. The molecule has 0 spiro atoms. The molecule has 2 aromatic heterocycles. The number of amides is 1. The van der Waals surface area contributed by atoms with Gasteiger partial charge in [0.15, 0.2) is 11.8 Å². The number of fused-ring (bicyclic) bond motifs is 1. The molecule has 0 aliphatic carbocycles. The van der Waals surface area contributed by atoms with E-state index in [-0.39, 0.29) is 17.9 Å². The maximum absolute atomic E-state index is 13.1. The van der Waals surface area contributed by atoms with E-state index in [1.165, 1.54) is 0 Å². The molecule has 0 bridgehead atoms. The normalized spacial score (nSPS) is 12.4. The number of benzene rings is 1. The van der Waals surface area contributed by atoms with E-state index < -0.39 is 12.1 Å². The summed E-state index contributed by atoms with van der Waals surface area (Å²) in [6.07, 6.45) is 0.705. The van der Waals surface area contributed by atoms with Gasteiger partial charge in [-0.2, -0.15) is 5.10 Å². The Bertz CT molecular complexity index is 1070. The standard InChI is InChI=1S/C24H30N4O3/c1-7-27(18-11-9-8-10-12-18)23(29)17(6)31-24(30)19-13-21(15(2)3)26-22-20(19)14-25-28(22)16(4)5/h8-17H,7H2,1-6H3/t17-/m1/s1. The first-order valence-electron chi connectivity index (χ1n) is 10.7. The third kappa shape index (κ3) is 4.60. The molecule has 1 aromatic carbocycles. The predicted octanol–water partition coefficient (Wildman–Crippen LogP) is 4.73. The first-order chi connectivity index (χ1) is 14.7. The summed E-state index contributed by atoms with van der Waals surface area (Å²) in [5.41, 5.74) is 2.57. The fraction of sp³-hybridized carbons (Fsp3) is 0.417. The monoisotopic (exact) mass is 422 g/mol. The van der Waals surface area contributed by atoms with E-state index in [0.717, 1.165) is 11.4 Å². The second kappa shape index (κ2) is 9.29. The van der Waals surface area contributed by atoms with Crippen LogP contribution in [0.4, 0.5) is 5.69 Å². The van der Waals surface area contributed by atoms with Gasteiger partial charge in [-0.25, -0.2) is 14.5 Å². The number of ether oxygens (including phenoxy) is 1. The number of pyridine rings is 1. The number of carbonyl (C=O) groups is 2. The molecule has 3 rings (SSSR count). The molecule has 1 atom stereocenters. The minimum absolute atomic E-state index is 0.0979. The van der Waals surface area contributed by atoms with Crippen molar-refractivity contribution in [3.05, 3.63) is 53.9 Å². The smallest absolute Gasteiger partial charge is 0.339 e. The number of para-hydroxylation sites is 1. The Morgan fingerprint density at radius 1 is 1.10 bits per heavy atom. The van der Waals surface area contributed by atoms with Gasteiger partial charge in [-0.15, -0.1) is 0 Å². The van der Waals surface area contributed by atoms with E-state index in [0.29, 0.717) is 23.1 Å². The zero-order valence-corrected chi connectivity index (χ0v) is 19.0. The lowest BCUT2D eigenvalue weighted by atomic mass is 10.1. The quantitative estimate of drug-likeness (QED) is 0.514. The molecule has 2 heterocycles. The van der Waals surface area contributed by atoms with Gasteiger partial charge in [0.2, 0.25) is 0 Å². The van der Waals surface area contributed by atoms with E-state index in [9.17, 15) is 9.59 Å². The van der Waals surface area contributed by atoms with Crippen molar-refractivity contribution in [2.75, 3.05) is 11.4 Å². The molecule has 3 aromatic rings. The fourth-order valence-corrected chi connectivity index (χ4v) is 3.45. The molecule has 31 heavy (non-hydrogen) atoms. The highest BCUT2D eigenvalue weighted by molar-refractivity contribution is 6.04. The highest BCUT2D eigenvalue weighted by Crippen LogP contribution is 2.25. The zero-order chi connectivity index (χ0) is 22.7. The lowest BCUT2D eigenvalue weighted by Crippen LogP contribution is -2.40. The highest BCUT2D eigenvalue weighted by atomic mass is 16.5. The maximum atomic E-state index is 13.1. The summed E-state index contributed by atoms with van der Waals surface area (Å²) in [6.45, 7) is 12.0. The number of likely N-dealkylation sites (N-methyl/N-ethyl adjacent to an activating group) is 1. The second-order valence-corrected chi connectivity index (χ2v) is 8.14. The summed E-state index contributed by atoms with van der Waals surface area (Å²) in [4.78, 5) is 32.4. The maximum Gasteiger partial charge on any atom is 0.339 e. The third-order valence-electron chi connectivity index (χ3n) is 5.17. The molecule has 0 fully saturated rings. The molecule has 0 radical (unpaired) electrons. The second-order valence-electron chi connectivity index (χ2n) is 8.14. The van der Waals surface area contributed by atoms with E-state index in [4.69, 9.17) is 9.72 Å². The number of anilines is 1. The molecule has 0 saturated carbocycles. The van der Waals surface area contributed by atoms with Gasteiger partial charge in [0.1, 0.15) is 0 Å². The molecular formula is C24H30N4O3. The lowest BCUT2D eigenvalue weighted by Gasteiger charge is -2.24. The van der Waals surface area contributed by atoms with Crippen LogP contribution in [0.15, 0.2) is 42.6 Å². The lowest BCUT2D eigenvalue weighted by molar-refractivity contribution is -0.126. The summed E-state index contributed by atoms with van der Waals surface area (Å²) in [6, 6.07) is 11.2. The van der Waals surface area contributed by atoms with Gasteiger partial charge in [0, 0.05) is 24.0 Å². The largest absolute Gasteiger partial charge is 0.449 e. The number of carbonyl (C=O) groups excluding carboxylic acids is 2. The van der Waals surface area contributed by atoms with Crippen molar-refractivity contribution in [3.8, 4) is 0 Å². The van der Waals surface area contributed by atoms with Crippen LogP contribution in [-0.2, 0) is 9.53 Å². The minimum atomic E-state index is -0.932. The van der Waals surface area contributed by atoms with Crippen molar-refractivity contribution in [2.45, 2.75) is 59.6 Å². The Morgan fingerprint density at radius 3 is 2.35 bits per heavy atom. The van der Waals surface area contributed by atoms with Gasteiger partial charge < -0.3 is 9.64 Å². The van der Waals surface area contributed by atoms with Crippen LogP contribution in [0, 0.1) is 0 Å². The summed E-state index contributed by atoms with van der Waals surface area (Å²) >= 11 is 0. The Balaban J connectivity index is 1.91. The summed E-state index contributed by atoms with van der Waals surface area (Å²) < 4.78 is 7.41. The predicted molar refractivity (Wildman–Crippen MR) is 121 cm³/mol. The van der Waals surface area contributed by atoms with Crippen LogP contribution in [0.25, 0.3) is 11.0 Å². The minimum Gasteiger partial charge on any atom is -0.449 e. The van der Waals surface area contributed by atoms with Crippen LogP contribution >= 0.6 is 0 Å². The molecule has 7 nitrogen and oxygen atoms in total. The van der Waals surface area contributed by atoms with Crippen molar-refractivity contribution < 1.29 is 14.3 Å². The van der Waals surface area contributed by atoms with Gasteiger partial charge in [0.25, 0.3) is 5.91 Å². The summed E-state index contributed by atoms with van der Waals surface area (Å²) in [5.74, 6) is -0.698. The van der Waals surface area contributed by atoms with Gasteiger partial charge in [-0.05, 0) is 51.8 Å². The van der Waals surface area contributed by atoms with Crippen molar-refractivity contribution in [3.63, 3.8) is 0 Å². The molecule has 7 heteroatoms. The Labute approximate surface area is 183 Å². The third-order valence-corrected chi connectivity index (χ3v) is 5.17. The fourth-order valence-electron chi connectivity index (χ4n) is 3.45. The molecule has 0 unspecified atom stereocenters. The Hall–Kier alpha value is -3.22. The first kappa shape index (κ1) is 22.5.